The van der Waals surface area contributed by atoms with Gasteiger partial charge >= 0.3 is 0 Å². The fraction of sp³-hybridized carbons (Fsp3) is 0.0667. The molecule has 2 heterocycles. The highest BCUT2D eigenvalue weighted by atomic mass is 32.1. The van der Waals surface area contributed by atoms with Gasteiger partial charge in [-0.3, -0.25) is 0 Å². The summed E-state index contributed by atoms with van der Waals surface area (Å²) in [5, 5.41) is 8.71. The van der Waals surface area contributed by atoms with Crippen molar-refractivity contribution in [2.45, 2.75) is 19.3 Å². The second kappa shape index (κ2) is 9.78. The molecule has 222 valence electrons. The SMILES string of the molecule is Cc1ccc2c(c1)c1cc(C3(c4ccc5scc(C)c5c4)c4ccccc4-c4ccccc43)ccc1n2-c1cccc2ccccc12. The van der Waals surface area contributed by atoms with Gasteiger partial charge in [0.05, 0.1) is 22.1 Å². The van der Waals surface area contributed by atoms with Crippen molar-refractivity contribution in [2.24, 2.45) is 0 Å². The third kappa shape index (κ3) is 3.59. The van der Waals surface area contributed by atoms with E-state index in [0.717, 1.165) is 0 Å². The van der Waals surface area contributed by atoms with E-state index < -0.39 is 5.41 Å². The van der Waals surface area contributed by atoms with E-state index in [9.17, 15) is 0 Å². The lowest BCUT2D eigenvalue weighted by Crippen LogP contribution is -2.28. The fourth-order valence-corrected chi connectivity index (χ4v) is 9.37. The quantitative estimate of drug-likeness (QED) is 0.186. The Bertz CT molecular complexity index is 2670. The number of hydrogen-bond acceptors (Lipinski definition) is 1. The molecule has 0 amide bonds. The van der Waals surface area contributed by atoms with Gasteiger partial charge in [0.1, 0.15) is 0 Å². The minimum atomic E-state index is -0.457. The lowest BCUT2D eigenvalue weighted by atomic mass is 9.67. The molecule has 1 nitrogen and oxygen atoms in total. The average molecular weight is 618 g/mol. The van der Waals surface area contributed by atoms with Crippen molar-refractivity contribution in [1.29, 1.82) is 0 Å². The van der Waals surface area contributed by atoms with Gasteiger partial charge in [0.15, 0.2) is 0 Å². The molecule has 0 saturated carbocycles. The molecule has 2 heteroatoms. The van der Waals surface area contributed by atoms with Crippen LogP contribution >= 0.6 is 11.3 Å². The first kappa shape index (κ1) is 26.7. The van der Waals surface area contributed by atoms with E-state index in [2.05, 4.69) is 169 Å². The van der Waals surface area contributed by atoms with Gasteiger partial charge in [0.25, 0.3) is 0 Å². The minimum absolute atomic E-state index is 0.457. The van der Waals surface area contributed by atoms with Crippen LogP contribution in [0.3, 0.4) is 0 Å². The first-order chi connectivity index (χ1) is 23.1. The van der Waals surface area contributed by atoms with E-state index in [1.165, 1.54) is 92.9 Å². The summed E-state index contributed by atoms with van der Waals surface area (Å²) in [6, 6.07) is 54.9. The number of benzene rings is 7. The lowest BCUT2D eigenvalue weighted by molar-refractivity contribution is 0.771. The molecule has 2 aromatic heterocycles. The molecule has 1 aliphatic carbocycles. The second-order valence-corrected chi connectivity index (χ2v) is 14.0. The Morgan fingerprint density at radius 2 is 1.13 bits per heavy atom. The van der Waals surface area contributed by atoms with Crippen molar-refractivity contribution in [3.63, 3.8) is 0 Å². The van der Waals surface area contributed by atoms with Crippen LogP contribution in [0.15, 0.2) is 151 Å². The fourth-order valence-electron chi connectivity index (χ4n) is 8.45. The molecule has 0 spiro atoms. The molecule has 1 aliphatic rings. The van der Waals surface area contributed by atoms with Crippen LogP contribution in [0.4, 0.5) is 0 Å². The van der Waals surface area contributed by atoms with Crippen molar-refractivity contribution < 1.29 is 0 Å². The Labute approximate surface area is 278 Å². The van der Waals surface area contributed by atoms with Gasteiger partial charge < -0.3 is 4.57 Å². The zero-order valence-electron chi connectivity index (χ0n) is 26.3. The maximum absolute atomic E-state index is 2.50. The van der Waals surface area contributed by atoms with Gasteiger partial charge in [0, 0.05) is 20.9 Å². The molecule has 0 aliphatic heterocycles. The maximum Gasteiger partial charge on any atom is 0.0714 e. The van der Waals surface area contributed by atoms with E-state index in [4.69, 9.17) is 0 Å². The highest BCUT2D eigenvalue weighted by molar-refractivity contribution is 7.17. The molecule has 7 aromatic carbocycles. The summed E-state index contributed by atoms with van der Waals surface area (Å²) in [7, 11) is 0. The van der Waals surface area contributed by atoms with Crippen molar-refractivity contribution in [1.82, 2.24) is 4.57 Å². The number of rotatable bonds is 3. The largest absolute Gasteiger partial charge is 0.309 e. The highest BCUT2D eigenvalue weighted by Crippen LogP contribution is 2.57. The summed E-state index contributed by atoms with van der Waals surface area (Å²) < 4.78 is 3.81. The summed E-state index contributed by atoms with van der Waals surface area (Å²) in [5.74, 6) is 0. The molecule has 47 heavy (non-hydrogen) atoms. The number of nitrogens with zero attached hydrogens (tertiary/aromatic N) is 1. The van der Waals surface area contributed by atoms with Crippen LogP contribution in [0.25, 0.3) is 59.5 Å². The molecule has 0 atom stereocenters. The molecule has 0 radical (unpaired) electrons. The van der Waals surface area contributed by atoms with Crippen molar-refractivity contribution in [2.75, 3.05) is 0 Å². The number of aromatic nitrogens is 1. The average Bonchev–Trinajstić information content (AvgIpc) is 3.75. The lowest BCUT2D eigenvalue weighted by Gasteiger charge is -2.34. The van der Waals surface area contributed by atoms with E-state index in [1.807, 2.05) is 11.3 Å². The number of thiophene rings is 1. The maximum atomic E-state index is 2.50. The molecule has 0 N–H and O–H groups in total. The van der Waals surface area contributed by atoms with E-state index in [1.54, 1.807) is 0 Å². The smallest absolute Gasteiger partial charge is 0.0714 e. The molecule has 0 saturated heterocycles. The summed E-state index contributed by atoms with van der Waals surface area (Å²) in [4.78, 5) is 0. The molecular weight excluding hydrogens is 587 g/mol. The second-order valence-electron chi connectivity index (χ2n) is 13.1. The third-order valence-electron chi connectivity index (χ3n) is 10.5. The molecule has 10 rings (SSSR count). The normalized spacial score (nSPS) is 13.5. The van der Waals surface area contributed by atoms with Crippen molar-refractivity contribution in [3.8, 4) is 16.8 Å². The third-order valence-corrected chi connectivity index (χ3v) is 11.6. The first-order valence-corrected chi connectivity index (χ1v) is 17.2. The van der Waals surface area contributed by atoms with Gasteiger partial charge in [-0.15, -0.1) is 11.3 Å². The van der Waals surface area contributed by atoms with Gasteiger partial charge in [-0.05, 0) is 111 Å². The minimum Gasteiger partial charge on any atom is -0.309 e. The Hall–Kier alpha value is -5.44. The van der Waals surface area contributed by atoms with Crippen LogP contribution in [0, 0.1) is 13.8 Å². The van der Waals surface area contributed by atoms with Crippen molar-refractivity contribution >= 4 is 54.0 Å². The summed E-state index contributed by atoms with van der Waals surface area (Å²) in [6.45, 7) is 4.44. The number of fused-ring (bicyclic) bond motifs is 8. The Kier molecular flexibility index (Phi) is 5.57. The molecule has 0 unspecified atom stereocenters. The van der Waals surface area contributed by atoms with Crippen LogP contribution < -0.4 is 0 Å². The predicted octanol–water partition coefficient (Wildman–Crippen LogP) is 12.1. The zero-order chi connectivity index (χ0) is 31.3. The van der Waals surface area contributed by atoms with Crippen LogP contribution in [0.1, 0.15) is 33.4 Å². The van der Waals surface area contributed by atoms with Crippen LogP contribution in [-0.4, -0.2) is 4.57 Å². The van der Waals surface area contributed by atoms with Crippen molar-refractivity contribution in [3.05, 3.63) is 184 Å². The summed E-state index contributed by atoms with van der Waals surface area (Å²) >= 11 is 1.83. The first-order valence-electron chi connectivity index (χ1n) is 16.3. The molecule has 0 fully saturated rings. The number of hydrogen-bond donors (Lipinski definition) is 0. The Morgan fingerprint density at radius 3 is 1.91 bits per heavy atom. The molecule has 9 aromatic rings. The predicted molar refractivity (Wildman–Crippen MR) is 200 cm³/mol. The van der Waals surface area contributed by atoms with Crippen LogP contribution in [0.5, 0.6) is 0 Å². The van der Waals surface area contributed by atoms with Gasteiger partial charge in [0.2, 0.25) is 0 Å². The molecule has 0 bridgehead atoms. The van der Waals surface area contributed by atoms with E-state index in [0.29, 0.717) is 0 Å². The van der Waals surface area contributed by atoms with E-state index in [-0.39, 0.29) is 0 Å². The van der Waals surface area contributed by atoms with Gasteiger partial charge in [-0.2, -0.15) is 0 Å². The standard InChI is InChI=1S/C45H31NS/c1-28-18-21-42-37(24-28)38-26-31(19-22-43(38)46(42)41-17-9-11-30-10-3-4-12-33(30)41)45(32-20-23-44-36(25-32)29(2)27-47-44)39-15-7-5-13-34(39)35-14-6-8-16-40(35)45/h3-27H,1-2H3. The topological polar surface area (TPSA) is 4.93 Å². The molecular formula is C45H31NS. The highest BCUT2D eigenvalue weighted by Gasteiger charge is 2.46. The summed E-state index contributed by atoms with van der Waals surface area (Å²) in [5.41, 5.74) is 13.8. The van der Waals surface area contributed by atoms with E-state index >= 15 is 0 Å². The van der Waals surface area contributed by atoms with Crippen LogP contribution in [0.2, 0.25) is 0 Å². The van der Waals surface area contributed by atoms with Gasteiger partial charge in [-0.1, -0.05) is 109 Å². The number of aryl methyl sites for hydroxylation is 2. The Morgan fingerprint density at radius 1 is 0.511 bits per heavy atom. The monoisotopic (exact) mass is 617 g/mol. The Balaban J connectivity index is 1.34. The zero-order valence-corrected chi connectivity index (χ0v) is 27.1. The van der Waals surface area contributed by atoms with Crippen LogP contribution in [-0.2, 0) is 5.41 Å². The summed E-state index contributed by atoms with van der Waals surface area (Å²) in [6.07, 6.45) is 0. The van der Waals surface area contributed by atoms with Gasteiger partial charge in [-0.25, -0.2) is 0 Å².